The molecule has 3 heterocycles. The summed E-state index contributed by atoms with van der Waals surface area (Å²) in [4.78, 5) is 7.47. The zero-order chi connectivity index (χ0) is 22.7. The molecule has 35 heavy (non-hydrogen) atoms. The summed E-state index contributed by atoms with van der Waals surface area (Å²) in [5.41, 5.74) is 20.9. The van der Waals surface area contributed by atoms with Crippen molar-refractivity contribution in [3.05, 3.63) is 130 Å². The van der Waals surface area contributed by atoms with E-state index < -0.39 is 0 Å². The summed E-state index contributed by atoms with van der Waals surface area (Å²) < 4.78 is 0. The molecule has 0 atom stereocenters. The van der Waals surface area contributed by atoms with Gasteiger partial charge in [-0.1, -0.05) is 60.7 Å². The predicted molar refractivity (Wildman–Crippen MR) is 141 cm³/mol. The van der Waals surface area contributed by atoms with Crippen LogP contribution in [0.4, 0.5) is 17.1 Å². The molecule has 2 aliphatic carbocycles. The lowest BCUT2D eigenvalue weighted by Gasteiger charge is -2.40. The summed E-state index contributed by atoms with van der Waals surface area (Å²) in [6, 6.07) is 29.8. The summed E-state index contributed by atoms with van der Waals surface area (Å²) in [5, 5.41) is 0. The molecule has 0 N–H and O–H groups in total. The first-order valence-electron chi connectivity index (χ1n) is 12.6. The first-order chi connectivity index (χ1) is 17.3. The highest BCUT2D eigenvalue weighted by molar-refractivity contribution is 5.99. The maximum Gasteiger partial charge on any atom is 0.0716 e. The van der Waals surface area contributed by atoms with Crippen LogP contribution in [0.2, 0.25) is 0 Å². The molecule has 5 aromatic rings. The van der Waals surface area contributed by atoms with Crippen LogP contribution in [-0.4, -0.2) is 4.98 Å². The van der Waals surface area contributed by atoms with Gasteiger partial charge in [0.1, 0.15) is 0 Å². The van der Waals surface area contributed by atoms with Crippen molar-refractivity contribution in [1.29, 1.82) is 0 Å². The number of nitrogens with zero attached hydrogens (tertiary/aromatic N) is 2. The van der Waals surface area contributed by atoms with E-state index >= 15 is 0 Å². The minimum absolute atomic E-state index is 0.899. The average molecular weight is 447 g/mol. The van der Waals surface area contributed by atoms with Crippen molar-refractivity contribution >= 4 is 17.1 Å². The third-order valence-electron chi connectivity index (χ3n) is 8.52. The van der Waals surface area contributed by atoms with Gasteiger partial charge < -0.3 is 4.90 Å². The highest BCUT2D eigenvalue weighted by Gasteiger charge is 2.37. The van der Waals surface area contributed by atoms with E-state index in [1.54, 1.807) is 0 Å². The zero-order valence-electron chi connectivity index (χ0n) is 19.3. The largest absolute Gasteiger partial charge is 0.307 e. The number of hydrogen-bond donors (Lipinski definition) is 0. The van der Waals surface area contributed by atoms with E-state index in [4.69, 9.17) is 4.98 Å². The molecule has 164 valence electrons. The average Bonchev–Trinajstić information content (AvgIpc) is 3.45. The normalized spacial score (nSPS) is 14.9. The van der Waals surface area contributed by atoms with E-state index in [2.05, 4.69) is 83.8 Å². The third-order valence-corrected chi connectivity index (χ3v) is 8.52. The maximum atomic E-state index is 4.89. The fraction of sp³-hybridized carbons (Fsp3) is 0.121. The number of anilines is 3. The molecule has 0 amide bonds. The second-order valence-electron chi connectivity index (χ2n) is 10.4. The molecule has 9 rings (SSSR count). The van der Waals surface area contributed by atoms with Gasteiger partial charge in [-0.05, 0) is 86.7 Å². The fourth-order valence-corrected chi connectivity index (χ4v) is 7.04. The Morgan fingerprint density at radius 1 is 0.514 bits per heavy atom. The van der Waals surface area contributed by atoms with Crippen LogP contribution in [0.25, 0.3) is 22.3 Å². The van der Waals surface area contributed by atoms with E-state index in [0.29, 0.717) is 0 Å². The van der Waals surface area contributed by atoms with Crippen molar-refractivity contribution in [1.82, 2.24) is 4.98 Å². The summed E-state index contributed by atoms with van der Waals surface area (Å²) in [7, 11) is 0. The van der Waals surface area contributed by atoms with Crippen molar-refractivity contribution in [3.63, 3.8) is 0 Å². The Labute approximate surface area is 204 Å². The van der Waals surface area contributed by atoms with Gasteiger partial charge in [0.2, 0.25) is 0 Å². The second-order valence-corrected chi connectivity index (χ2v) is 10.4. The van der Waals surface area contributed by atoms with Crippen molar-refractivity contribution in [2.75, 3.05) is 4.90 Å². The molecule has 2 heteroatoms. The van der Waals surface area contributed by atoms with Crippen LogP contribution in [0, 0.1) is 0 Å². The molecule has 0 bridgehead atoms. The van der Waals surface area contributed by atoms with Crippen molar-refractivity contribution < 1.29 is 0 Å². The minimum Gasteiger partial charge on any atom is -0.307 e. The van der Waals surface area contributed by atoms with Gasteiger partial charge in [-0.2, -0.15) is 0 Å². The molecular formula is C33H22N2. The number of aromatic nitrogens is 1. The lowest BCUT2D eigenvalue weighted by molar-refractivity contribution is 0.959. The van der Waals surface area contributed by atoms with Crippen molar-refractivity contribution in [3.8, 4) is 22.3 Å². The molecule has 2 nitrogen and oxygen atoms in total. The molecule has 0 saturated heterocycles. The molecular weight excluding hydrogens is 424 g/mol. The lowest BCUT2D eigenvalue weighted by Crippen LogP contribution is -2.26. The number of benzene rings is 4. The quantitative estimate of drug-likeness (QED) is 0.240. The molecule has 0 radical (unpaired) electrons. The Kier molecular flexibility index (Phi) is 3.27. The van der Waals surface area contributed by atoms with E-state index in [9.17, 15) is 0 Å². The minimum atomic E-state index is 0.899. The third kappa shape index (κ3) is 2.27. The highest BCUT2D eigenvalue weighted by Crippen LogP contribution is 2.56. The molecule has 4 aromatic carbocycles. The van der Waals surface area contributed by atoms with Gasteiger partial charge in [-0.3, -0.25) is 4.98 Å². The molecule has 0 spiro atoms. The van der Waals surface area contributed by atoms with Crippen LogP contribution in [-0.2, 0) is 25.7 Å². The summed E-state index contributed by atoms with van der Waals surface area (Å²) in [6.45, 7) is 0. The van der Waals surface area contributed by atoms with Crippen LogP contribution in [0.5, 0.6) is 0 Å². The van der Waals surface area contributed by atoms with Gasteiger partial charge in [-0.25, -0.2) is 0 Å². The zero-order valence-corrected chi connectivity index (χ0v) is 19.3. The number of pyridine rings is 1. The maximum absolute atomic E-state index is 4.89. The molecule has 0 unspecified atom stereocenters. The monoisotopic (exact) mass is 446 g/mol. The number of rotatable bonds is 0. The Hall–Kier alpha value is -4.17. The van der Waals surface area contributed by atoms with Gasteiger partial charge in [0, 0.05) is 24.6 Å². The summed E-state index contributed by atoms with van der Waals surface area (Å²) in [5.74, 6) is 0. The van der Waals surface area contributed by atoms with Crippen LogP contribution in [0.3, 0.4) is 0 Å². The Bertz CT molecular complexity index is 1760. The van der Waals surface area contributed by atoms with Gasteiger partial charge in [0.25, 0.3) is 0 Å². The van der Waals surface area contributed by atoms with E-state index in [-0.39, 0.29) is 0 Å². The molecule has 2 aliphatic heterocycles. The highest BCUT2D eigenvalue weighted by atomic mass is 15.2. The van der Waals surface area contributed by atoms with Gasteiger partial charge in [-0.15, -0.1) is 0 Å². The van der Waals surface area contributed by atoms with Crippen molar-refractivity contribution in [2.24, 2.45) is 0 Å². The Morgan fingerprint density at radius 3 is 2.14 bits per heavy atom. The van der Waals surface area contributed by atoms with Gasteiger partial charge in [0.05, 0.1) is 22.8 Å². The number of hydrogen-bond acceptors (Lipinski definition) is 2. The summed E-state index contributed by atoms with van der Waals surface area (Å²) in [6.07, 6.45) is 5.91. The SMILES string of the molecule is c1ccc2c(c1)Cc1cc3c(cc1-2)Cc1ccnc2c1N3c1c(ccc3c1-c1ccccc1C3)C2. The van der Waals surface area contributed by atoms with Crippen LogP contribution < -0.4 is 4.90 Å². The first kappa shape index (κ1) is 18.2. The van der Waals surface area contributed by atoms with E-state index in [1.165, 1.54) is 84.0 Å². The van der Waals surface area contributed by atoms with E-state index in [0.717, 1.165) is 25.7 Å². The predicted octanol–water partition coefficient (Wildman–Crippen LogP) is 7.50. The molecule has 0 fully saturated rings. The lowest BCUT2D eigenvalue weighted by atomic mass is 9.85. The van der Waals surface area contributed by atoms with Crippen molar-refractivity contribution in [2.45, 2.75) is 25.7 Å². The first-order valence-corrected chi connectivity index (χ1v) is 12.6. The van der Waals surface area contributed by atoms with Gasteiger partial charge >= 0.3 is 0 Å². The smallest absolute Gasteiger partial charge is 0.0716 e. The molecule has 1 aromatic heterocycles. The molecule has 4 aliphatic rings. The second kappa shape index (κ2) is 6.28. The van der Waals surface area contributed by atoms with Crippen LogP contribution >= 0.6 is 0 Å². The van der Waals surface area contributed by atoms with Gasteiger partial charge in [0.15, 0.2) is 0 Å². The standard InChI is InChI=1S/C33H22N2/c1-3-7-26-19(5-1)14-24-18-30-25(16-28(24)26)15-23-11-12-34-29-17-22-10-9-21-13-20-6-2-4-8-27(20)31(21)33(22)35(30)32(23)29/h1-12,16,18H,13-15,17H2. The topological polar surface area (TPSA) is 16.1 Å². The summed E-state index contributed by atoms with van der Waals surface area (Å²) >= 11 is 0. The van der Waals surface area contributed by atoms with Crippen LogP contribution in [0.1, 0.15) is 44.6 Å². The molecule has 0 saturated carbocycles. The fourth-order valence-electron chi connectivity index (χ4n) is 7.04. The Morgan fingerprint density at radius 2 is 1.23 bits per heavy atom. The Balaban J connectivity index is 1.35. The number of fused-ring (bicyclic) bond motifs is 11. The van der Waals surface area contributed by atoms with E-state index in [1.807, 2.05) is 6.20 Å². The van der Waals surface area contributed by atoms with Crippen LogP contribution in [0.15, 0.2) is 85.1 Å².